The molecule has 0 saturated carbocycles. The van der Waals surface area contributed by atoms with Crippen molar-refractivity contribution >= 4 is 0 Å². The lowest BCUT2D eigenvalue weighted by Gasteiger charge is -2.21. The van der Waals surface area contributed by atoms with Crippen molar-refractivity contribution in [1.82, 2.24) is 5.32 Å². The third-order valence-corrected chi connectivity index (χ3v) is 4.20. The van der Waals surface area contributed by atoms with Crippen LogP contribution in [0.2, 0.25) is 0 Å². The minimum absolute atomic E-state index is 0.254. The molecule has 1 aliphatic carbocycles. The Bertz CT molecular complexity index is 463. The van der Waals surface area contributed by atoms with Crippen LogP contribution in [0, 0.1) is 13.8 Å². The van der Waals surface area contributed by atoms with Crippen molar-refractivity contribution in [2.45, 2.75) is 52.5 Å². The van der Waals surface area contributed by atoms with Gasteiger partial charge in [0, 0.05) is 6.04 Å². The third-order valence-electron chi connectivity index (χ3n) is 4.20. The smallest absolute Gasteiger partial charge is 0.125 e. The van der Waals surface area contributed by atoms with Gasteiger partial charge in [0.1, 0.15) is 5.75 Å². The maximum absolute atomic E-state index is 5.57. The minimum atomic E-state index is 0.254. The van der Waals surface area contributed by atoms with Crippen molar-refractivity contribution in [2.75, 3.05) is 13.7 Å². The lowest BCUT2D eigenvalue weighted by atomic mass is 9.85. The van der Waals surface area contributed by atoms with E-state index < -0.39 is 0 Å². The molecule has 0 bridgehead atoms. The average Bonchev–Trinajstić information content (AvgIpc) is 2.51. The highest BCUT2D eigenvalue weighted by Gasteiger charge is 2.38. The highest BCUT2D eigenvalue weighted by molar-refractivity contribution is 5.55. The Balaban J connectivity index is 2.62. The Kier molecular flexibility index (Phi) is 3.41. The lowest BCUT2D eigenvalue weighted by Crippen LogP contribution is -2.21. The molecule has 0 spiro atoms. The molecule has 1 atom stereocenters. The SMILES string of the molecule is CCNC1CC(C)(C)c2cc(C)c(OC)c(C)c21. The van der Waals surface area contributed by atoms with Gasteiger partial charge in [0.2, 0.25) is 0 Å². The van der Waals surface area contributed by atoms with E-state index in [1.54, 1.807) is 7.11 Å². The van der Waals surface area contributed by atoms with Crippen LogP contribution in [-0.4, -0.2) is 13.7 Å². The highest BCUT2D eigenvalue weighted by atomic mass is 16.5. The maximum atomic E-state index is 5.57. The van der Waals surface area contributed by atoms with Crippen molar-refractivity contribution in [3.8, 4) is 5.75 Å². The predicted octanol–water partition coefficient (Wildman–Crippen LogP) is 3.64. The molecule has 18 heavy (non-hydrogen) atoms. The van der Waals surface area contributed by atoms with Crippen LogP contribution < -0.4 is 10.1 Å². The van der Waals surface area contributed by atoms with Crippen LogP contribution in [0.4, 0.5) is 0 Å². The number of hydrogen-bond donors (Lipinski definition) is 1. The molecule has 1 aliphatic rings. The summed E-state index contributed by atoms with van der Waals surface area (Å²) in [6.45, 7) is 12.2. The van der Waals surface area contributed by atoms with E-state index in [1.165, 1.54) is 28.7 Å². The molecule has 1 N–H and O–H groups in total. The number of hydrogen-bond acceptors (Lipinski definition) is 2. The first-order valence-electron chi connectivity index (χ1n) is 6.84. The first-order valence-corrected chi connectivity index (χ1v) is 6.84. The molecule has 0 fully saturated rings. The summed E-state index contributed by atoms with van der Waals surface area (Å²) in [7, 11) is 1.77. The number of benzene rings is 1. The first-order chi connectivity index (χ1) is 8.42. The normalized spacial score (nSPS) is 20.9. The number of ether oxygens (including phenoxy) is 1. The van der Waals surface area contributed by atoms with Crippen LogP contribution in [-0.2, 0) is 5.41 Å². The maximum Gasteiger partial charge on any atom is 0.125 e. The van der Waals surface area contributed by atoms with E-state index in [-0.39, 0.29) is 5.41 Å². The molecule has 0 amide bonds. The molecule has 100 valence electrons. The van der Waals surface area contributed by atoms with Gasteiger partial charge in [0.05, 0.1) is 7.11 Å². The molecule has 0 saturated heterocycles. The number of aryl methyl sites for hydroxylation is 1. The summed E-state index contributed by atoms with van der Waals surface area (Å²) in [5, 5.41) is 3.61. The summed E-state index contributed by atoms with van der Waals surface area (Å²) < 4.78 is 5.57. The van der Waals surface area contributed by atoms with Gasteiger partial charge in [-0.25, -0.2) is 0 Å². The van der Waals surface area contributed by atoms with Gasteiger partial charge >= 0.3 is 0 Å². The van der Waals surface area contributed by atoms with Crippen molar-refractivity contribution < 1.29 is 4.74 Å². The summed E-state index contributed by atoms with van der Waals surface area (Å²) in [6.07, 6.45) is 1.17. The lowest BCUT2D eigenvalue weighted by molar-refractivity contribution is 0.406. The standard InChI is InChI=1S/C16H25NO/c1-7-17-13-9-16(4,5)12-8-10(2)15(18-6)11(3)14(12)13/h8,13,17H,7,9H2,1-6H3. The fourth-order valence-corrected chi connectivity index (χ4v) is 3.45. The fourth-order valence-electron chi connectivity index (χ4n) is 3.45. The second kappa shape index (κ2) is 4.58. The second-order valence-corrected chi connectivity index (χ2v) is 6.01. The van der Waals surface area contributed by atoms with Gasteiger partial charge < -0.3 is 10.1 Å². The molecule has 1 unspecified atom stereocenters. The summed E-state index contributed by atoms with van der Waals surface area (Å²) in [5.74, 6) is 1.05. The molecular formula is C16H25NO. The van der Waals surface area contributed by atoms with Gasteiger partial charge in [-0.2, -0.15) is 0 Å². The molecular weight excluding hydrogens is 222 g/mol. The quantitative estimate of drug-likeness (QED) is 0.880. The zero-order valence-corrected chi connectivity index (χ0v) is 12.5. The summed E-state index contributed by atoms with van der Waals surface area (Å²) >= 11 is 0. The first kappa shape index (κ1) is 13.4. The molecule has 0 heterocycles. The Labute approximate surface area is 111 Å². The number of nitrogens with one attached hydrogen (secondary N) is 1. The van der Waals surface area contributed by atoms with Crippen molar-refractivity contribution in [1.29, 1.82) is 0 Å². The van der Waals surface area contributed by atoms with Gasteiger partial charge in [0.25, 0.3) is 0 Å². The molecule has 0 radical (unpaired) electrons. The molecule has 0 aromatic heterocycles. The third kappa shape index (κ3) is 1.93. The van der Waals surface area contributed by atoms with E-state index in [9.17, 15) is 0 Å². The summed E-state index contributed by atoms with van der Waals surface area (Å²) in [5.41, 5.74) is 5.76. The van der Waals surface area contributed by atoms with Crippen molar-refractivity contribution in [3.63, 3.8) is 0 Å². The van der Waals surface area contributed by atoms with Crippen molar-refractivity contribution in [2.24, 2.45) is 0 Å². The highest BCUT2D eigenvalue weighted by Crippen LogP contribution is 2.48. The van der Waals surface area contributed by atoms with Gasteiger partial charge in [0.15, 0.2) is 0 Å². The number of fused-ring (bicyclic) bond motifs is 1. The van der Waals surface area contributed by atoms with Gasteiger partial charge in [-0.05, 0) is 54.5 Å². The van der Waals surface area contributed by atoms with E-state index >= 15 is 0 Å². The largest absolute Gasteiger partial charge is 0.496 e. The Morgan fingerprint density at radius 2 is 2.06 bits per heavy atom. The van der Waals surface area contributed by atoms with E-state index in [0.717, 1.165) is 12.3 Å². The summed E-state index contributed by atoms with van der Waals surface area (Å²) in [4.78, 5) is 0. The summed E-state index contributed by atoms with van der Waals surface area (Å²) in [6, 6.07) is 2.79. The molecule has 0 aliphatic heterocycles. The van der Waals surface area contributed by atoms with Crippen molar-refractivity contribution in [3.05, 3.63) is 28.3 Å². The zero-order valence-electron chi connectivity index (χ0n) is 12.5. The van der Waals surface area contributed by atoms with Crippen LogP contribution in [0.5, 0.6) is 5.75 Å². The number of rotatable bonds is 3. The van der Waals surface area contributed by atoms with Crippen LogP contribution in [0.3, 0.4) is 0 Å². The topological polar surface area (TPSA) is 21.3 Å². The predicted molar refractivity (Wildman–Crippen MR) is 76.5 cm³/mol. The average molecular weight is 247 g/mol. The fraction of sp³-hybridized carbons (Fsp3) is 0.625. The Morgan fingerprint density at radius 3 is 2.61 bits per heavy atom. The van der Waals surface area contributed by atoms with Crippen LogP contribution >= 0.6 is 0 Å². The van der Waals surface area contributed by atoms with E-state index in [2.05, 4.69) is 46.0 Å². The van der Waals surface area contributed by atoms with Crippen LogP contribution in [0.25, 0.3) is 0 Å². The van der Waals surface area contributed by atoms with Crippen LogP contribution in [0.15, 0.2) is 6.07 Å². The Hall–Kier alpha value is -1.02. The Morgan fingerprint density at radius 1 is 1.39 bits per heavy atom. The van der Waals surface area contributed by atoms with Gasteiger partial charge in [-0.1, -0.05) is 26.8 Å². The van der Waals surface area contributed by atoms with Gasteiger partial charge in [-0.3, -0.25) is 0 Å². The molecule has 1 aromatic rings. The minimum Gasteiger partial charge on any atom is -0.496 e. The van der Waals surface area contributed by atoms with E-state index in [4.69, 9.17) is 4.74 Å². The number of methoxy groups -OCH3 is 1. The van der Waals surface area contributed by atoms with Gasteiger partial charge in [-0.15, -0.1) is 0 Å². The zero-order chi connectivity index (χ0) is 13.5. The van der Waals surface area contributed by atoms with E-state index in [0.29, 0.717) is 6.04 Å². The molecule has 1 aromatic carbocycles. The monoisotopic (exact) mass is 247 g/mol. The second-order valence-electron chi connectivity index (χ2n) is 6.01. The molecule has 2 nitrogen and oxygen atoms in total. The van der Waals surface area contributed by atoms with E-state index in [1.807, 2.05) is 0 Å². The molecule has 2 rings (SSSR count). The van der Waals surface area contributed by atoms with Crippen LogP contribution in [0.1, 0.15) is 55.5 Å². The molecule has 2 heteroatoms.